The minimum atomic E-state index is -4.61. The number of aryl methyl sites for hydroxylation is 3. The largest absolute Gasteiger partial charge is 0.457 e. The van der Waals surface area contributed by atoms with Crippen molar-refractivity contribution >= 4 is 76.8 Å². The van der Waals surface area contributed by atoms with E-state index in [1.165, 1.54) is 94.1 Å². The van der Waals surface area contributed by atoms with Crippen LogP contribution in [0.5, 0.6) is 23.0 Å². The monoisotopic (exact) mass is 1660 g/mol. The van der Waals surface area contributed by atoms with Crippen LogP contribution in [-0.2, 0) is 54.8 Å². The second-order valence-electron chi connectivity index (χ2n) is 25.6. The van der Waals surface area contributed by atoms with Crippen LogP contribution < -0.4 is 24.4 Å². The number of alkyl halides is 12. The van der Waals surface area contributed by atoms with Crippen molar-refractivity contribution in [1.82, 2.24) is 13.3 Å². The van der Waals surface area contributed by atoms with Gasteiger partial charge in [0.25, 0.3) is 10.0 Å². The van der Waals surface area contributed by atoms with Crippen LogP contribution >= 0.6 is 23.2 Å². The summed E-state index contributed by atoms with van der Waals surface area (Å²) in [6.07, 6.45) is -16.5. The number of hydrogen-bond donors (Lipinski definition) is 2. The minimum Gasteiger partial charge on any atom is -0.457 e. The molecule has 11 aromatic rings. The first-order valence-electron chi connectivity index (χ1n) is 33.9. The molecule has 590 valence electrons. The van der Waals surface area contributed by atoms with E-state index in [2.05, 4.69) is 16.6 Å². The summed E-state index contributed by atoms with van der Waals surface area (Å²) in [6.45, 7) is 8.49. The molecule has 2 amide bonds. The van der Waals surface area contributed by atoms with Crippen molar-refractivity contribution in [3.63, 3.8) is 0 Å². The highest BCUT2D eigenvalue weighted by atomic mass is 35.5. The molecule has 2 N–H and O–H groups in total. The molecule has 113 heavy (non-hydrogen) atoms. The molecule has 2 aliphatic heterocycles. The van der Waals surface area contributed by atoms with Crippen LogP contribution in [0.25, 0.3) is 6.08 Å². The van der Waals surface area contributed by atoms with Gasteiger partial charge in [0.2, 0.25) is 20.0 Å². The average molecular weight is 1660 g/mol. The minimum absolute atomic E-state index is 0.0644. The first-order chi connectivity index (χ1) is 53.2. The number of ether oxygens (including phenoxy) is 2. The molecular formula is C82H67Cl2F12N5O9S3. The zero-order chi connectivity index (χ0) is 82.0. The van der Waals surface area contributed by atoms with Gasteiger partial charge in [-0.05, 0) is 225 Å². The second-order valence-corrected chi connectivity index (χ2v) is 32.0. The Morgan fingerprint density at radius 1 is 0.451 bits per heavy atom. The molecule has 4 atom stereocenters. The Morgan fingerprint density at radius 2 is 0.832 bits per heavy atom. The van der Waals surface area contributed by atoms with E-state index in [9.17, 15) is 82.7 Å². The Balaban J connectivity index is 0.000000171. The normalized spacial score (nSPS) is 15.4. The maximum absolute atomic E-state index is 13.7. The van der Waals surface area contributed by atoms with Gasteiger partial charge in [0.05, 0.1) is 61.6 Å². The van der Waals surface area contributed by atoms with Crippen LogP contribution in [0, 0.1) is 20.8 Å². The van der Waals surface area contributed by atoms with Crippen molar-refractivity contribution in [2.45, 2.75) is 78.3 Å². The fourth-order valence-electron chi connectivity index (χ4n) is 11.3. The van der Waals surface area contributed by atoms with Crippen molar-refractivity contribution in [3.05, 3.63) is 345 Å². The molecule has 0 aliphatic carbocycles. The SMILES string of the molecule is C=Cc1cccc(C(F)(F)F)c1.Cc1ccc(S(=O)(=O)N2CC(c3cccc(C(F)(F)F)c3)N(c3ccc(Oc4ccc(Cl)cc4)cc3)C2=O)cc1.Cc1ccc(S(=O)(=O)N2CC2c2cccc(C(F)(F)F)c2)cc1.Cc1ccc(S(=O)(=O)NCC(Nc2ccc(Oc3ccc(Cl)cc3)cc2)c2cccc(C(F)(F)F)c2)cc1. The molecule has 2 aliphatic rings. The van der Waals surface area contributed by atoms with E-state index in [4.69, 9.17) is 32.7 Å². The molecule has 0 saturated carbocycles. The third-order valence-electron chi connectivity index (χ3n) is 17.4. The zero-order valence-electron chi connectivity index (χ0n) is 59.6. The van der Waals surface area contributed by atoms with E-state index < -0.39 is 101 Å². The molecule has 0 spiro atoms. The van der Waals surface area contributed by atoms with Gasteiger partial charge in [0.15, 0.2) is 0 Å². The summed E-state index contributed by atoms with van der Waals surface area (Å²) in [5.74, 6) is 2.07. The van der Waals surface area contributed by atoms with Gasteiger partial charge in [0.1, 0.15) is 23.0 Å². The van der Waals surface area contributed by atoms with E-state index >= 15 is 0 Å². The van der Waals surface area contributed by atoms with E-state index in [-0.39, 0.29) is 51.1 Å². The number of nitrogens with zero attached hydrogens (tertiary/aromatic N) is 3. The van der Waals surface area contributed by atoms with Gasteiger partial charge >= 0.3 is 30.7 Å². The van der Waals surface area contributed by atoms with Gasteiger partial charge < -0.3 is 14.8 Å². The number of nitrogens with one attached hydrogen (secondary N) is 2. The summed E-state index contributed by atoms with van der Waals surface area (Å²) >= 11 is 11.8. The van der Waals surface area contributed by atoms with Crippen LogP contribution in [0.2, 0.25) is 10.0 Å². The van der Waals surface area contributed by atoms with Crippen molar-refractivity contribution in [3.8, 4) is 23.0 Å². The van der Waals surface area contributed by atoms with Crippen LogP contribution in [-0.4, -0.2) is 59.5 Å². The molecule has 0 aromatic heterocycles. The van der Waals surface area contributed by atoms with Crippen molar-refractivity contribution in [2.24, 2.45) is 0 Å². The van der Waals surface area contributed by atoms with Gasteiger partial charge in [-0.25, -0.2) is 39.1 Å². The molecule has 2 fully saturated rings. The van der Waals surface area contributed by atoms with Gasteiger partial charge in [-0.3, -0.25) is 4.90 Å². The number of carbonyl (C=O) groups excluding carboxylic acids is 1. The number of hydrogen-bond acceptors (Lipinski definition) is 10. The quantitative estimate of drug-likeness (QED) is 0.0586. The third-order valence-corrected chi connectivity index (χ3v) is 22.9. The lowest BCUT2D eigenvalue weighted by Crippen LogP contribution is -2.36. The van der Waals surface area contributed by atoms with E-state index in [0.717, 1.165) is 65.2 Å². The Bertz CT molecular complexity index is 5500. The van der Waals surface area contributed by atoms with E-state index in [1.54, 1.807) is 146 Å². The Morgan fingerprint density at radius 3 is 1.27 bits per heavy atom. The Kier molecular flexibility index (Phi) is 26.4. The summed E-state index contributed by atoms with van der Waals surface area (Å²) in [5.41, 5.74) is 1.63. The topological polar surface area (TPSA) is 172 Å². The second kappa shape index (κ2) is 35.2. The number of benzene rings is 11. The van der Waals surface area contributed by atoms with Gasteiger partial charge in [0, 0.05) is 34.5 Å². The molecule has 2 heterocycles. The van der Waals surface area contributed by atoms with Crippen LogP contribution in [0.15, 0.2) is 288 Å². The average Bonchev–Trinajstić information content (AvgIpc) is 1.61. The summed E-state index contributed by atoms with van der Waals surface area (Å²) in [4.78, 5) is 15.0. The lowest BCUT2D eigenvalue weighted by atomic mass is 10.0. The maximum Gasteiger partial charge on any atom is 0.416 e. The standard InChI is InChI=1S/C29H22ClF3N2O4S.C28H24ClF3N2O3S.C16H14F3NO2S.C9H7F3/c1-19-5-15-26(16-6-19)40(37,38)34-18-27(20-3-2-4-21(17-20)29(31,32)33)35(28(34)36)23-9-13-25(14-10-23)39-24-11-7-22(30)8-12-24;1-19-5-15-26(16-6-19)38(35,36)33-18-27(20-3-2-4-21(17-20)28(30,31)32)34-23-9-13-25(14-10-23)37-24-11-7-22(29)8-12-24;1-11-5-7-14(8-6-11)23(21,22)20-10-15(20)12-3-2-4-13(9-12)16(17,18)19;1-2-7-4-3-5-8(6-7)9(10,11)12/h2-17,27H,18H2,1H3;2-17,27,33-34H,18H2,1H3;2-9,15H,10H2,1H3;2-6H,1H2. The molecule has 13 rings (SSSR count). The van der Waals surface area contributed by atoms with E-state index in [1.807, 2.05) is 13.8 Å². The van der Waals surface area contributed by atoms with Crippen LogP contribution in [0.1, 0.15) is 79.3 Å². The highest BCUT2D eigenvalue weighted by Gasteiger charge is 2.48. The van der Waals surface area contributed by atoms with Crippen LogP contribution in [0.4, 0.5) is 68.9 Å². The summed E-state index contributed by atoms with van der Waals surface area (Å²) in [5, 5.41) is 4.26. The summed E-state index contributed by atoms with van der Waals surface area (Å²) < 4.78 is 249. The van der Waals surface area contributed by atoms with Gasteiger partial charge in [-0.15, -0.1) is 0 Å². The number of halogens is 14. The Labute approximate surface area is 654 Å². The first kappa shape index (κ1) is 84.8. The third kappa shape index (κ3) is 22.4. The predicted octanol–water partition coefficient (Wildman–Crippen LogP) is 22.5. The number of urea groups is 1. The van der Waals surface area contributed by atoms with Crippen molar-refractivity contribution in [2.75, 3.05) is 29.9 Å². The Hall–Kier alpha value is -10.7. The molecule has 14 nitrogen and oxygen atoms in total. The molecule has 0 radical (unpaired) electrons. The number of amides is 2. The molecule has 11 aromatic carbocycles. The molecule has 31 heteroatoms. The molecule has 0 bridgehead atoms. The highest BCUT2D eigenvalue weighted by Crippen LogP contribution is 2.44. The fourth-order valence-corrected chi connectivity index (χ4v) is 15.5. The number of carbonyl (C=O) groups is 1. The molecular weight excluding hydrogens is 1590 g/mol. The number of anilines is 2. The summed E-state index contributed by atoms with van der Waals surface area (Å²) in [6, 6.07) is 61.2. The van der Waals surface area contributed by atoms with Gasteiger partial charge in [-0.2, -0.15) is 57.0 Å². The number of sulfonamides is 3. The summed E-state index contributed by atoms with van der Waals surface area (Å²) in [7, 11) is -11.9. The number of rotatable bonds is 19. The van der Waals surface area contributed by atoms with Crippen LogP contribution in [0.3, 0.4) is 0 Å². The first-order valence-corrected chi connectivity index (χ1v) is 39.0. The smallest absolute Gasteiger partial charge is 0.416 e. The maximum atomic E-state index is 13.7. The van der Waals surface area contributed by atoms with E-state index in [0.29, 0.717) is 54.2 Å². The van der Waals surface area contributed by atoms with Gasteiger partial charge in [-0.1, -0.05) is 137 Å². The van der Waals surface area contributed by atoms with Crippen molar-refractivity contribution < 1.29 is 92.2 Å². The lowest BCUT2D eigenvalue weighted by molar-refractivity contribution is -0.138. The van der Waals surface area contributed by atoms with Crippen molar-refractivity contribution in [1.29, 1.82) is 0 Å². The highest BCUT2D eigenvalue weighted by molar-refractivity contribution is 7.90. The predicted molar refractivity (Wildman–Crippen MR) is 408 cm³/mol. The lowest BCUT2D eigenvalue weighted by Gasteiger charge is -2.24. The zero-order valence-corrected chi connectivity index (χ0v) is 63.5. The fraction of sp³-hybridized carbons (Fsp3) is 0.159. The molecule has 2 saturated heterocycles. The molecule has 4 unspecified atom stereocenters.